The Morgan fingerprint density at radius 2 is 0.925 bits per heavy atom. The number of aliphatic hydroxyl groups is 3. The van der Waals surface area contributed by atoms with Crippen LogP contribution in [0.5, 0.6) is 0 Å². The van der Waals surface area contributed by atoms with E-state index in [9.17, 15) is 24.9 Å². The summed E-state index contributed by atoms with van der Waals surface area (Å²) >= 11 is 0. The maximum absolute atomic E-state index is 12.6. The zero-order chi connectivity index (χ0) is 29.7. The van der Waals surface area contributed by atoms with E-state index in [0.29, 0.717) is 12.8 Å². The molecule has 0 rings (SSSR count). The fourth-order valence-electron chi connectivity index (χ4n) is 4.97. The maximum atomic E-state index is 12.6. The second-order valence-corrected chi connectivity index (χ2v) is 11.6. The SMILES string of the molecule is CCCCCC/C=C\CCCCCCCC(=O)C(O)C(O)(CO)C(=O)CCCCCCC/C=C\CCCCCC. The van der Waals surface area contributed by atoms with Crippen molar-refractivity contribution in [3.8, 4) is 0 Å². The minimum atomic E-state index is -2.39. The lowest BCUT2D eigenvalue weighted by molar-refractivity contribution is -0.165. The Labute approximate surface area is 246 Å². The van der Waals surface area contributed by atoms with E-state index in [-0.39, 0.29) is 12.8 Å². The Morgan fingerprint density at radius 3 is 1.32 bits per heavy atom. The van der Waals surface area contributed by atoms with Gasteiger partial charge in [0.25, 0.3) is 0 Å². The van der Waals surface area contributed by atoms with Crippen LogP contribution in [0.25, 0.3) is 0 Å². The average Bonchev–Trinajstić information content (AvgIpc) is 2.96. The van der Waals surface area contributed by atoms with Gasteiger partial charge in [-0.25, -0.2) is 0 Å². The van der Waals surface area contributed by atoms with Gasteiger partial charge in [-0.15, -0.1) is 0 Å². The van der Waals surface area contributed by atoms with Crippen LogP contribution in [0, 0.1) is 0 Å². The zero-order valence-electron chi connectivity index (χ0n) is 26.2. The molecule has 0 spiro atoms. The molecular weight excluding hydrogens is 500 g/mol. The number of rotatable bonds is 30. The predicted octanol–water partition coefficient (Wildman–Crippen LogP) is 8.72. The van der Waals surface area contributed by atoms with Crippen molar-refractivity contribution in [2.75, 3.05) is 6.61 Å². The van der Waals surface area contributed by atoms with Crippen LogP contribution >= 0.6 is 0 Å². The Balaban J connectivity index is 3.96. The fraction of sp³-hybridized carbons (Fsp3) is 0.829. The molecule has 5 heteroatoms. The van der Waals surface area contributed by atoms with Gasteiger partial charge in [0.1, 0.15) is 0 Å². The van der Waals surface area contributed by atoms with Crippen molar-refractivity contribution in [2.45, 2.75) is 180 Å². The van der Waals surface area contributed by atoms with Crippen molar-refractivity contribution >= 4 is 11.6 Å². The monoisotopic (exact) mass is 564 g/mol. The van der Waals surface area contributed by atoms with Crippen LogP contribution in [-0.2, 0) is 9.59 Å². The first-order chi connectivity index (χ1) is 19.4. The van der Waals surface area contributed by atoms with E-state index in [1.54, 1.807) is 0 Å². The molecule has 0 radical (unpaired) electrons. The smallest absolute Gasteiger partial charge is 0.178 e. The van der Waals surface area contributed by atoms with E-state index < -0.39 is 29.9 Å². The largest absolute Gasteiger partial charge is 0.393 e. The number of allylic oxidation sites excluding steroid dienone is 4. The van der Waals surface area contributed by atoms with E-state index in [4.69, 9.17) is 0 Å². The van der Waals surface area contributed by atoms with E-state index >= 15 is 0 Å². The minimum absolute atomic E-state index is 0.0618. The van der Waals surface area contributed by atoms with Crippen molar-refractivity contribution < 1.29 is 24.9 Å². The minimum Gasteiger partial charge on any atom is -0.393 e. The molecule has 0 heterocycles. The lowest BCUT2D eigenvalue weighted by Crippen LogP contribution is -2.55. The van der Waals surface area contributed by atoms with E-state index in [2.05, 4.69) is 38.2 Å². The van der Waals surface area contributed by atoms with E-state index in [1.807, 2.05) is 0 Å². The Hall–Kier alpha value is -1.30. The van der Waals surface area contributed by atoms with Gasteiger partial charge >= 0.3 is 0 Å². The van der Waals surface area contributed by atoms with Crippen LogP contribution in [0.3, 0.4) is 0 Å². The molecule has 0 fully saturated rings. The summed E-state index contributed by atoms with van der Waals surface area (Å²) in [5.41, 5.74) is -2.39. The van der Waals surface area contributed by atoms with Gasteiger partial charge < -0.3 is 15.3 Å². The molecule has 3 N–H and O–H groups in total. The molecule has 0 aromatic heterocycles. The van der Waals surface area contributed by atoms with Gasteiger partial charge in [-0.1, -0.05) is 115 Å². The fourth-order valence-corrected chi connectivity index (χ4v) is 4.97. The lowest BCUT2D eigenvalue weighted by atomic mass is 9.85. The van der Waals surface area contributed by atoms with Crippen molar-refractivity contribution in [3.63, 3.8) is 0 Å². The molecule has 40 heavy (non-hydrogen) atoms. The summed E-state index contributed by atoms with van der Waals surface area (Å²) in [6.45, 7) is 3.52. The third-order valence-electron chi connectivity index (χ3n) is 7.83. The van der Waals surface area contributed by atoms with Crippen molar-refractivity contribution in [1.82, 2.24) is 0 Å². The first-order valence-electron chi connectivity index (χ1n) is 16.8. The van der Waals surface area contributed by atoms with Crippen LogP contribution in [-0.4, -0.2) is 45.2 Å². The highest BCUT2D eigenvalue weighted by Crippen LogP contribution is 2.20. The number of aliphatic hydroxyl groups excluding tert-OH is 2. The zero-order valence-corrected chi connectivity index (χ0v) is 26.2. The molecule has 2 unspecified atom stereocenters. The first kappa shape index (κ1) is 38.7. The summed E-state index contributed by atoms with van der Waals surface area (Å²) < 4.78 is 0. The topological polar surface area (TPSA) is 94.8 Å². The standard InChI is InChI=1S/C35H64O5/c1-3-5-7-9-11-13-15-17-19-21-23-25-27-29-32(37)34(39)35(40,31-36)33(38)30-28-26-24-22-20-18-16-14-12-10-8-6-4-2/h13-16,34,36,39-40H,3-12,17-31H2,1-2H3/b15-13-,16-14-. The molecule has 0 aliphatic rings. The summed E-state index contributed by atoms with van der Waals surface area (Å²) in [6, 6.07) is 0. The highest BCUT2D eigenvalue weighted by atomic mass is 16.4. The van der Waals surface area contributed by atoms with Crippen LogP contribution in [0.15, 0.2) is 24.3 Å². The molecule has 0 saturated heterocycles. The molecular formula is C35H64O5. The predicted molar refractivity (Wildman–Crippen MR) is 168 cm³/mol. The van der Waals surface area contributed by atoms with Gasteiger partial charge in [0.15, 0.2) is 23.3 Å². The van der Waals surface area contributed by atoms with Crippen LogP contribution in [0.1, 0.15) is 168 Å². The van der Waals surface area contributed by atoms with Gasteiger partial charge in [-0.05, 0) is 64.2 Å². The molecule has 2 atom stereocenters. The summed E-state index contributed by atoms with van der Waals surface area (Å²) in [5, 5.41) is 30.7. The number of carbonyl (C=O) groups excluding carboxylic acids is 2. The first-order valence-corrected chi connectivity index (χ1v) is 16.8. The average molecular weight is 565 g/mol. The van der Waals surface area contributed by atoms with Crippen LogP contribution < -0.4 is 0 Å². The molecule has 0 aliphatic carbocycles. The van der Waals surface area contributed by atoms with Crippen molar-refractivity contribution in [3.05, 3.63) is 24.3 Å². The van der Waals surface area contributed by atoms with Gasteiger partial charge in [0, 0.05) is 12.8 Å². The number of unbranched alkanes of at least 4 members (excludes halogenated alkanes) is 18. The maximum Gasteiger partial charge on any atom is 0.178 e. The summed E-state index contributed by atoms with van der Waals surface area (Å²) in [5.74, 6) is -1.20. The van der Waals surface area contributed by atoms with Gasteiger partial charge in [-0.2, -0.15) is 0 Å². The Bertz CT molecular complexity index is 656. The third-order valence-corrected chi connectivity index (χ3v) is 7.83. The molecule has 5 nitrogen and oxygen atoms in total. The Kier molecular flexibility index (Phi) is 26.9. The molecule has 0 saturated carbocycles. The summed E-state index contributed by atoms with van der Waals surface area (Å²) in [4.78, 5) is 25.1. The van der Waals surface area contributed by atoms with Gasteiger partial charge in [0.05, 0.1) is 6.61 Å². The number of carbonyl (C=O) groups is 2. The van der Waals surface area contributed by atoms with Crippen LogP contribution in [0.2, 0.25) is 0 Å². The number of ketones is 2. The highest BCUT2D eigenvalue weighted by Gasteiger charge is 2.45. The number of hydrogen-bond acceptors (Lipinski definition) is 5. The molecule has 234 valence electrons. The third kappa shape index (κ3) is 20.6. The number of hydrogen-bond donors (Lipinski definition) is 3. The summed E-state index contributed by atoms with van der Waals surface area (Å²) in [7, 11) is 0. The van der Waals surface area contributed by atoms with E-state index in [0.717, 1.165) is 64.2 Å². The van der Waals surface area contributed by atoms with Crippen LogP contribution in [0.4, 0.5) is 0 Å². The summed E-state index contributed by atoms with van der Waals surface area (Å²) in [6.07, 6.45) is 31.7. The second-order valence-electron chi connectivity index (χ2n) is 11.6. The molecule has 0 aliphatic heterocycles. The van der Waals surface area contributed by atoms with Crippen molar-refractivity contribution in [1.29, 1.82) is 0 Å². The quantitative estimate of drug-likeness (QED) is 0.0599. The van der Waals surface area contributed by atoms with Gasteiger partial charge in [-0.3, -0.25) is 9.59 Å². The normalized spacial score (nSPS) is 14.2. The Morgan fingerprint density at radius 1 is 0.575 bits per heavy atom. The number of Topliss-reactive ketones (excluding diaryl/α,β-unsaturated/α-hetero) is 2. The van der Waals surface area contributed by atoms with Gasteiger partial charge in [0.2, 0.25) is 0 Å². The molecule has 0 aromatic carbocycles. The second kappa shape index (κ2) is 27.8. The molecule has 0 amide bonds. The van der Waals surface area contributed by atoms with E-state index in [1.165, 1.54) is 64.2 Å². The lowest BCUT2D eigenvalue weighted by Gasteiger charge is -2.29. The molecule has 0 bridgehead atoms. The highest BCUT2D eigenvalue weighted by molar-refractivity contribution is 5.96. The molecule has 0 aromatic rings. The van der Waals surface area contributed by atoms with Crippen molar-refractivity contribution in [2.24, 2.45) is 0 Å².